The molecule has 0 atom stereocenters. The van der Waals surface area contributed by atoms with E-state index >= 15 is 0 Å². The van der Waals surface area contributed by atoms with E-state index in [1.807, 2.05) is 66.1 Å². The van der Waals surface area contributed by atoms with E-state index in [1.165, 1.54) is 20.2 Å². The smallest absolute Gasteiger partial charge is 0.164 e. The van der Waals surface area contributed by atoms with Gasteiger partial charge in [-0.3, -0.25) is 4.98 Å². The molecule has 294 valence electrons. The Hall–Kier alpha value is -8.26. The summed E-state index contributed by atoms with van der Waals surface area (Å²) in [5, 5.41) is 6.86. The Bertz CT molecular complexity index is 3920. The average molecular weight is 825 g/mol. The summed E-state index contributed by atoms with van der Waals surface area (Å²) in [7, 11) is 0. The molecule has 13 aromatic rings. The summed E-state index contributed by atoms with van der Waals surface area (Å²) in [5.41, 5.74) is 12.3. The molecule has 63 heavy (non-hydrogen) atoms. The Morgan fingerprint density at radius 1 is 0.349 bits per heavy atom. The van der Waals surface area contributed by atoms with Gasteiger partial charge >= 0.3 is 0 Å². The molecule has 0 saturated carbocycles. The van der Waals surface area contributed by atoms with E-state index in [2.05, 4.69) is 138 Å². The molecule has 8 aromatic carbocycles. The van der Waals surface area contributed by atoms with Crippen LogP contribution in [0.25, 0.3) is 132 Å². The van der Waals surface area contributed by atoms with Crippen molar-refractivity contribution in [3.8, 4) is 67.5 Å². The third kappa shape index (κ3) is 5.86. The van der Waals surface area contributed by atoms with Crippen LogP contribution in [0.15, 0.2) is 203 Å². The number of nitrogens with zero attached hydrogens (tertiary/aromatic N) is 4. The second kappa shape index (κ2) is 14.2. The number of para-hydroxylation sites is 2. The largest absolute Gasteiger partial charge is 0.456 e. The van der Waals surface area contributed by atoms with Gasteiger partial charge in [0.25, 0.3) is 0 Å². The zero-order valence-electron chi connectivity index (χ0n) is 33.5. The minimum Gasteiger partial charge on any atom is -0.456 e. The lowest BCUT2D eigenvalue weighted by Gasteiger charge is -2.12. The number of benzene rings is 8. The lowest BCUT2D eigenvalue weighted by molar-refractivity contribution is 0.669. The predicted molar refractivity (Wildman–Crippen MR) is 258 cm³/mol. The third-order valence-electron chi connectivity index (χ3n) is 12.1. The van der Waals surface area contributed by atoms with Crippen LogP contribution in [-0.4, -0.2) is 19.9 Å². The highest BCUT2D eigenvalue weighted by molar-refractivity contribution is 7.25. The third-order valence-corrected chi connectivity index (χ3v) is 13.2. The molecule has 6 nitrogen and oxygen atoms in total. The number of aromatic nitrogens is 4. The van der Waals surface area contributed by atoms with Crippen LogP contribution in [0.5, 0.6) is 0 Å². The molecule has 13 rings (SSSR count). The van der Waals surface area contributed by atoms with Gasteiger partial charge < -0.3 is 8.83 Å². The van der Waals surface area contributed by atoms with Gasteiger partial charge in [-0.15, -0.1) is 11.3 Å². The molecule has 0 radical (unpaired) electrons. The monoisotopic (exact) mass is 824 g/mol. The number of furan rings is 2. The van der Waals surface area contributed by atoms with E-state index in [1.54, 1.807) is 6.20 Å². The van der Waals surface area contributed by atoms with E-state index in [4.69, 9.17) is 23.8 Å². The molecule has 7 heteroatoms. The second-order valence-corrected chi connectivity index (χ2v) is 16.8. The van der Waals surface area contributed by atoms with Crippen molar-refractivity contribution >= 4 is 75.4 Å². The van der Waals surface area contributed by atoms with Crippen molar-refractivity contribution in [3.63, 3.8) is 0 Å². The molecule has 5 aromatic heterocycles. The van der Waals surface area contributed by atoms with Gasteiger partial charge in [0, 0.05) is 81.9 Å². The molecule has 0 aliphatic rings. The van der Waals surface area contributed by atoms with Crippen molar-refractivity contribution in [2.24, 2.45) is 0 Å². The fraction of sp³-hybridized carbons (Fsp3) is 0. The van der Waals surface area contributed by atoms with Gasteiger partial charge in [0.05, 0.1) is 0 Å². The van der Waals surface area contributed by atoms with Crippen LogP contribution in [0, 0.1) is 0 Å². The molecule has 0 aliphatic carbocycles. The second-order valence-electron chi connectivity index (χ2n) is 15.8. The first kappa shape index (κ1) is 35.5. The van der Waals surface area contributed by atoms with Crippen LogP contribution < -0.4 is 0 Å². The number of fused-ring (bicyclic) bond motifs is 9. The Morgan fingerprint density at radius 2 is 0.968 bits per heavy atom. The van der Waals surface area contributed by atoms with Gasteiger partial charge in [0.15, 0.2) is 17.5 Å². The van der Waals surface area contributed by atoms with E-state index in [0.717, 1.165) is 93.9 Å². The molecule has 0 fully saturated rings. The quantitative estimate of drug-likeness (QED) is 0.166. The van der Waals surface area contributed by atoms with Gasteiger partial charge in [-0.1, -0.05) is 133 Å². The van der Waals surface area contributed by atoms with Crippen molar-refractivity contribution in [2.45, 2.75) is 0 Å². The van der Waals surface area contributed by atoms with Crippen molar-refractivity contribution in [1.29, 1.82) is 0 Å². The maximum atomic E-state index is 6.73. The predicted octanol–water partition coefficient (Wildman–Crippen LogP) is 15.4. The van der Waals surface area contributed by atoms with E-state index < -0.39 is 0 Å². The lowest BCUT2D eigenvalue weighted by atomic mass is 9.94. The summed E-state index contributed by atoms with van der Waals surface area (Å²) in [5.74, 6) is 1.69. The Balaban J connectivity index is 0.944. The molecule has 0 N–H and O–H groups in total. The maximum Gasteiger partial charge on any atom is 0.164 e. The number of thiophene rings is 1. The van der Waals surface area contributed by atoms with Crippen LogP contribution in [0.3, 0.4) is 0 Å². The van der Waals surface area contributed by atoms with E-state index in [0.29, 0.717) is 17.5 Å². The Morgan fingerprint density at radius 3 is 1.81 bits per heavy atom. The fourth-order valence-electron chi connectivity index (χ4n) is 9.06. The van der Waals surface area contributed by atoms with Crippen LogP contribution in [0.1, 0.15) is 0 Å². The highest BCUT2D eigenvalue weighted by Crippen LogP contribution is 2.44. The van der Waals surface area contributed by atoms with Gasteiger partial charge in [-0.05, 0) is 70.8 Å². The summed E-state index contributed by atoms with van der Waals surface area (Å²) in [6, 6.07) is 63.1. The first-order chi connectivity index (χ1) is 31.2. The minimum absolute atomic E-state index is 0.554. The van der Waals surface area contributed by atoms with Crippen LogP contribution >= 0.6 is 11.3 Å². The van der Waals surface area contributed by atoms with E-state index in [-0.39, 0.29) is 0 Å². The van der Waals surface area contributed by atoms with Crippen molar-refractivity contribution < 1.29 is 8.83 Å². The van der Waals surface area contributed by atoms with Crippen LogP contribution in [0.4, 0.5) is 0 Å². The zero-order valence-corrected chi connectivity index (χ0v) is 34.3. The topological polar surface area (TPSA) is 77.8 Å². The molecule has 0 spiro atoms. The molecule has 0 unspecified atom stereocenters. The SMILES string of the molecule is c1cncc(-c2ccccc2-c2nc(-c3ccc(-c4ccc(-c5ccc6c(c5)sc5ccccc56)c5oc6ccccc6c45)cc3)nc(-c3ccc4c(c3)oc3ccccc34)n2)c1. The Kier molecular flexibility index (Phi) is 7.98. The maximum absolute atomic E-state index is 6.73. The van der Waals surface area contributed by atoms with Crippen LogP contribution in [-0.2, 0) is 0 Å². The number of pyridine rings is 1. The van der Waals surface area contributed by atoms with Crippen molar-refractivity contribution in [1.82, 2.24) is 19.9 Å². The van der Waals surface area contributed by atoms with Gasteiger partial charge in [-0.25, -0.2) is 15.0 Å². The summed E-state index contributed by atoms with van der Waals surface area (Å²) < 4.78 is 15.6. The minimum atomic E-state index is 0.554. The fourth-order valence-corrected chi connectivity index (χ4v) is 10.2. The zero-order chi connectivity index (χ0) is 41.4. The van der Waals surface area contributed by atoms with Crippen molar-refractivity contribution in [3.05, 3.63) is 194 Å². The number of rotatable bonds is 6. The highest BCUT2D eigenvalue weighted by atomic mass is 32.1. The van der Waals surface area contributed by atoms with Gasteiger partial charge in [0.1, 0.15) is 22.3 Å². The summed E-state index contributed by atoms with van der Waals surface area (Å²) in [4.78, 5) is 19.8. The molecule has 0 saturated heterocycles. The standard InChI is InChI=1S/C56H32N4O2S/c1-2-14-45(38(11-1)37-10-9-29-57-32-37)56-59-54(58-55(60-56)36-24-25-42-41-12-3-6-16-47(41)61-49(42)30-36)34-21-19-33(20-22-34)39-27-28-40(53-52(39)46-15-4-7-17-48(46)62-53)35-23-26-44-43-13-5-8-18-50(43)63-51(44)31-35/h1-32H. The molecular formula is C56H32N4O2S. The molecular weight excluding hydrogens is 793 g/mol. The first-order valence-corrected chi connectivity index (χ1v) is 21.7. The normalized spacial score (nSPS) is 11.8. The summed E-state index contributed by atoms with van der Waals surface area (Å²) in [6.07, 6.45) is 3.65. The molecule has 5 heterocycles. The first-order valence-electron chi connectivity index (χ1n) is 20.8. The average Bonchev–Trinajstić information content (AvgIpc) is 4.05. The molecule has 0 amide bonds. The highest BCUT2D eigenvalue weighted by Gasteiger charge is 2.20. The van der Waals surface area contributed by atoms with E-state index in [9.17, 15) is 0 Å². The molecule has 0 aliphatic heterocycles. The molecule has 0 bridgehead atoms. The Labute approximate surface area is 364 Å². The summed E-state index contributed by atoms with van der Waals surface area (Å²) in [6.45, 7) is 0. The van der Waals surface area contributed by atoms with Crippen LogP contribution in [0.2, 0.25) is 0 Å². The van der Waals surface area contributed by atoms with Gasteiger partial charge in [-0.2, -0.15) is 0 Å². The van der Waals surface area contributed by atoms with Crippen molar-refractivity contribution in [2.75, 3.05) is 0 Å². The lowest BCUT2D eigenvalue weighted by Crippen LogP contribution is -2.01. The number of hydrogen-bond acceptors (Lipinski definition) is 7. The summed E-state index contributed by atoms with van der Waals surface area (Å²) >= 11 is 1.83. The van der Waals surface area contributed by atoms with Gasteiger partial charge in [0.2, 0.25) is 0 Å². The number of hydrogen-bond donors (Lipinski definition) is 0.